The number of imidazole rings is 1. The van der Waals surface area contributed by atoms with Crippen molar-refractivity contribution in [3.63, 3.8) is 0 Å². The second kappa shape index (κ2) is 6.11. The molecule has 0 saturated carbocycles. The van der Waals surface area contributed by atoms with E-state index in [4.69, 9.17) is 0 Å². The highest BCUT2D eigenvalue weighted by atomic mass is 79.9. The van der Waals surface area contributed by atoms with Crippen molar-refractivity contribution >= 4 is 15.9 Å². The molecule has 18 heavy (non-hydrogen) atoms. The molecule has 0 radical (unpaired) electrons. The number of benzene rings is 1. The molecule has 1 aromatic carbocycles. The van der Waals surface area contributed by atoms with Crippen LogP contribution in [0.3, 0.4) is 0 Å². The average Bonchev–Trinajstić information content (AvgIpc) is 2.73. The van der Waals surface area contributed by atoms with Crippen molar-refractivity contribution in [1.29, 1.82) is 0 Å². The summed E-state index contributed by atoms with van der Waals surface area (Å²) >= 11 is 3.35. The maximum atomic E-state index is 12.9. The highest BCUT2D eigenvalue weighted by Gasteiger charge is 2.02. The summed E-state index contributed by atoms with van der Waals surface area (Å²) in [6, 6.07) is 4.74. The first-order valence-electron chi connectivity index (χ1n) is 5.77. The number of halogens is 2. The summed E-state index contributed by atoms with van der Waals surface area (Å²) in [5.74, 6) is 0.833. The van der Waals surface area contributed by atoms with Crippen LogP contribution in [-0.2, 0) is 20.0 Å². The first kappa shape index (κ1) is 13.2. The summed E-state index contributed by atoms with van der Waals surface area (Å²) in [5, 5.41) is 3.32. The third-order valence-electron chi connectivity index (χ3n) is 2.78. The normalized spacial score (nSPS) is 10.8. The van der Waals surface area contributed by atoms with Crippen LogP contribution in [0.1, 0.15) is 11.4 Å². The SMILES string of the molecule is Cn1ccnc1CCNCc1ccc(F)cc1Br. The molecule has 2 aromatic rings. The van der Waals surface area contributed by atoms with E-state index in [2.05, 4.69) is 26.2 Å². The fourth-order valence-electron chi connectivity index (χ4n) is 1.73. The fourth-order valence-corrected chi connectivity index (χ4v) is 2.22. The molecule has 0 aliphatic carbocycles. The van der Waals surface area contributed by atoms with E-state index >= 15 is 0 Å². The van der Waals surface area contributed by atoms with E-state index in [-0.39, 0.29) is 5.82 Å². The summed E-state index contributed by atoms with van der Waals surface area (Å²) in [6.45, 7) is 1.56. The van der Waals surface area contributed by atoms with Gasteiger partial charge < -0.3 is 9.88 Å². The van der Waals surface area contributed by atoms with Gasteiger partial charge in [-0.2, -0.15) is 0 Å². The zero-order valence-electron chi connectivity index (χ0n) is 10.2. The molecule has 0 aliphatic rings. The molecule has 0 aliphatic heterocycles. The molecule has 0 bridgehead atoms. The number of rotatable bonds is 5. The van der Waals surface area contributed by atoms with Gasteiger partial charge in [0, 0.05) is 43.4 Å². The van der Waals surface area contributed by atoms with E-state index in [1.165, 1.54) is 12.1 Å². The lowest BCUT2D eigenvalue weighted by molar-refractivity contribution is 0.622. The van der Waals surface area contributed by atoms with Crippen molar-refractivity contribution in [3.8, 4) is 0 Å². The van der Waals surface area contributed by atoms with Gasteiger partial charge in [0.15, 0.2) is 0 Å². The molecule has 5 heteroatoms. The Labute approximate surface area is 114 Å². The van der Waals surface area contributed by atoms with Crippen LogP contribution < -0.4 is 5.32 Å². The van der Waals surface area contributed by atoms with Crippen LogP contribution in [0, 0.1) is 5.82 Å². The first-order valence-corrected chi connectivity index (χ1v) is 6.57. The van der Waals surface area contributed by atoms with Crippen molar-refractivity contribution in [3.05, 3.63) is 52.3 Å². The molecule has 96 valence electrons. The van der Waals surface area contributed by atoms with E-state index < -0.39 is 0 Å². The maximum Gasteiger partial charge on any atom is 0.124 e. The molecule has 1 heterocycles. The van der Waals surface area contributed by atoms with Gasteiger partial charge in [0.05, 0.1) is 0 Å². The quantitative estimate of drug-likeness (QED) is 0.860. The van der Waals surface area contributed by atoms with Crippen LogP contribution >= 0.6 is 15.9 Å². The van der Waals surface area contributed by atoms with Gasteiger partial charge in [0.1, 0.15) is 11.6 Å². The Hall–Kier alpha value is -1.20. The Morgan fingerprint density at radius 1 is 1.44 bits per heavy atom. The van der Waals surface area contributed by atoms with Crippen LogP contribution in [0.2, 0.25) is 0 Å². The van der Waals surface area contributed by atoms with Gasteiger partial charge in [-0.05, 0) is 17.7 Å². The summed E-state index contributed by atoms with van der Waals surface area (Å²) in [7, 11) is 1.99. The van der Waals surface area contributed by atoms with Gasteiger partial charge in [-0.1, -0.05) is 22.0 Å². The summed E-state index contributed by atoms with van der Waals surface area (Å²) in [6.07, 6.45) is 4.61. The van der Waals surface area contributed by atoms with E-state index in [9.17, 15) is 4.39 Å². The molecule has 0 atom stereocenters. The molecule has 0 saturated heterocycles. The minimum atomic E-state index is -0.223. The highest BCUT2D eigenvalue weighted by Crippen LogP contribution is 2.17. The smallest absolute Gasteiger partial charge is 0.124 e. The number of hydrogen-bond acceptors (Lipinski definition) is 2. The molecule has 2 rings (SSSR count). The molecular formula is C13H15BrFN3. The van der Waals surface area contributed by atoms with Crippen molar-refractivity contribution in [2.75, 3.05) is 6.54 Å². The lowest BCUT2D eigenvalue weighted by Gasteiger charge is -2.07. The fraction of sp³-hybridized carbons (Fsp3) is 0.308. The molecule has 0 spiro atoms. The minimum Gasteiger partial charge on any atom is -0.338 e. The van der Waals surface area contributed by atoms with Gasteiger partial charge in [0.25, 0.3) is 0 Å². The second-order valence-electron chi connectivity index (χ2n) is 4.12. The van der Waals surface area contributed by atoms with Crippen molar-refractivity contribution in [1.82, 2.24) is 14.9 Å². The molecule has 0 unspecified atom stereocenters. The summed E-state index contributed by atoms with van der Waals surface area (Å²) in [5.41, 5.74) is 1.05. The average molecular weight is 312 g/mol. The maximum absolute atomic E-state index is 12.9. The van der Waals surface area contributed by atoms with E-state index in [0.717, 1.165) is 28.8 Å². The van der Waals surface area contributed by atoms with Crippen LogP contribution in [-0.4, -0.2) is 16.1 Å². The van der Waals surface area contributed by atoms with Crippen LogP contribution in [0.25, 0.3) is 0 Å². The number of nitrogens with one attached hydrogen (secondary N) is 1. The largest absolute Gasteiger partial charge is 0.338 e. The molecule has 3 nitrogen and oxygen atoms in total. The standard InChI is InChI=1S/C13H15BrFN3/c1-18-7-6-17-13(18)4-5-16-9-10-2-3-11(15)8-12(10)14/h2-3,6-8,16H,4-5,9H2,1H3. The lowest BCUT2D eigenvalue weighted by atomic mass is 10.2. The van der Waals surface area contributed by atoms with E-state index in [1.807, 2.05) is 17.8 Å². The van der Waals surface area contributed by atoms with Crippen molar-refractivity contribution in [2.45, 2.75) is 13.0 Å². The summed E-state index contributed by atoms with van der Waals surface area (Å²) < 4.78 is 15.7. The summed E-state index contributed by atoms with van der Waals surface area (Å²) in [4.78, 5) is 4.25. The Morgan fingerprint density at radius 3 is 2.94 bits per heavy atom. The van der Waals surface area contributed by atoms with Crippen LogP contribution in [0.5, 0.6) is 0 Å². The first-order chi connectivity index (χ1) is 8.66. The zero-order valence-corrected chi connectivity index (χ0v) is 11.7. The third-order valence-corrected chi connectivity index (χ3v) is 3.52. The molecule has 0 amide bonds. The van der Waals surface area contributed by atoms with Gasteiger partial charge in [-0.25, -0.2) is 9.37 Å². The minimum absolute atomic E-state index is 0.223. The second-order valence-corrected chi connectivity index (χ2v) is 4.97. The van der Waals surface area contributed by atoms with Crippen LogP contribution in [0.15, 0.2) is 35.1 Å². The number of aryl methyl sites for hydroxylation is 1. The Bertz CT molecular complexity index is 525. The molecule has 1 N–H and O–H groups in total. The van der Waals surface area contributed by atoms with Gasteiger partial charge >= 0.3 is 0 Å². The van der Waals surface area contributed by atoms with E-state index in [0.29, 0.717) is 6.54 Å². The topological polar surface area (TPSA) is 29.9 Å². The Kier molecular flexibility index (Phi) is 4.49. The van der Waals surface area contributed by atoms with Crippen molar-refractivity contribution < 1.29 is 4.39 Å². The molecular weight excluding hydrogens is 297 g/mol. The zero-order chi connectivity index (χ0) is 13.0. The Morgan fingerprint density at radius 2 is 2.28 bits per heavy atom. The van der Waals surface area contributed by atoms with Gasteiger partial charge in [-0.15, -0.1) is 0 Å². The monoisotopic (exact) mass is 311 g/mol. The molecule has 1 aromatic heterocycles. The molecule has 0 fully saturated rings. The van der Waals surface area contributed by atoms with Crippen LogP contribution in [0.4, 0.5) is 4.39 Å². The predicted molar refractivity (Wildman–Crippen MR) is 72.7 cm³/mol. The van der Waals surface area contributed by atoms with Gasteiger partial charge in [0.2, 0.25) is 0 Å². The van der Waals surface area contributed by atoms with E-state index in [1.54, 1.807) is 12.3 Å². The number of nitrogens with zero attached hydrogens (tertiary/aromatic N) is 2. The number of aromatic nitrogens is 2. The lowest BCUT2D eigenvalue weighted by Crippen LogP contribution is -2.18. The third kappa shape index (κ3) is 3.40. The van der Waals surface area contributed by atoms with Crippen molar-refractivity contribution in [2.24, 2.45) is 7.05 Å². The highest BCUT2D eigenvalue weighted by molar-refractivity contribution is 9.10. The number of hydrogen-bond donors (Lipinski definition) is 1. The van der Waals surface area contributed by atoms with Gasteiger partial charge in [-0.3, -0.25) is 0 Å². The Balaban J connectivity index is 1.80. The predicted octanol–water partition coefficient (Wildman–Crippen LogP) is 2.65.